The van der Waals surface area contributed by atoms with E-state index in [0.29, 0.717) is 0 Å². The SMILES string of the molecule is CCCCCCCCP(=O)(O)OOC(C)C(C)C. The van der Waals surface area contributed by atoms with Crippen molar-refractivity contribution in [1.82, 2.24) is 0 Å². The maximum atomic E-state index is 11.6. The standard InChI is InChI=1S/C13H29O4P/c1-5-6-7-8-9-10-11-18(14,15)17-16-13(4)12(2)3/h12-13H,5-11H2,1-4H3,(H,14,15). The first kappa shape index (κ1) is 18.1. The summed E-state index contributed by atoms with van der Waals surface area (Å²) in [7, 11) is -3.56. The summed E-state index contributed by atoms with van der Waals surface area (Å²) in [5.41, 5.74) is 0. The molecule has 4 nitrogen and oxygen atoms in total. The topological polar surface area (TPSA) is 55.8 Å². The van der Waals surface area contributed by atoms with Gasteiger partial charge in [0.1, 0.15) is 0 Å². The van der Waals surface area contributed by atoms with E-state index in [0.717, 1.165) is 19.3 Å². The predicted molar refractivity (Wildman–Crippen MR) is 74.5 cm³/mol. The minimum Gasteiger partial charge on any atom is -0.323 e. The summed E-state index contributed by atoms with van der Waals surface area (Å²) in [4.78, 5) is 14.5. The van der Waals surface area contributed by atoms with Crippen LogP contribution in [-0.4, -0.2) is 17.2 Å². The highest BCUT2D eigenvalue weighted by Crippen LogP contribution is 2.43. The quantitative estimate of drug-likeness (QED) is 0.261. The van der Waals surface area contributed by atoms with Gasteiger partial charge in [-0.25, -0.2) is 4.89 Å². The van der Waals surface area contributed by atoms with E-state index in [1.54, 1.807) is 0 Å². The minimum absolute atomic E-state index is 0.171. The van der Waals surface area contributed by atoms with Gasteiger partial charge < -0.3 is 4.89 Å². The smallest absolute Gasteiger partial charge is 0.323 e. The number of unbranched alkanes of at least 4 members (excludes halogenated alkanes) is 5. The van der Waals surface area contributed by atoms with Gasteiger partial charge in [-0.1, -0.05) is 52.9 Å². The molecule has 0 aromatic rings. The van der Waals surface area contributed by atoms with Gasteiger partial charge in [-0.2, -0.15) is 0 Å². The normalized spacial score (nSPS) is 16.8. The van der Waals surface area contributed by atoms with E-state index in [9.17, 15) is 9.46 Å². The molecule has 0 saturated carbocycles. The summed E-state index contributed by atoms with van der Waals surface area (Å²) in [6.07, 6.45) is 6.49. The van der Waals surface area contributed by atoms with Crippen molar-refractivity contribution >= 4 is 7.60 Å². The summed E-state index contributed by atoms with van der Waals surface area (Å²) in [5.74, 6) is 0.263. The molecule has 0 amide bonds. The van der Waals surface area contributed by atoms with Crippen molar-refractivity contribution < 1.29 is 19.0 Å². The Balaban J connectivity index is 3.64. The summed E-state index contributed by atoms with van der Waals surface area (Å²) in [5, 5.41) is 0. The van der Waals surface area contributed by atoms with Crippen LogP contribution in [0.1, 0.15) is 66.2 Å². The molecule has 0 spiro atoms. The second-order valence-corrected chi connectivity index (χ2v) is 7.12. The van der Waals surface area contributed by atoms with Crippen molar-refractivity contribution in [3.8, 4) is 0 Å². The molecule has 0 bridgehead atoms. The van der Waals surface area contributed by atoms with Crippen molar-refractivity contribution in [1.29, 1.82) is 0 Å². The van der Waals surface area contributed by atoms with E-state index in [1.807, 2.05) is 20.8 Å². The lowest BCUT2D eigenvalue weighted by atomic mass is 10.1. The lowest BCUT2D eigenvalue weighted by Gasteiger charge is -2.17. The molecule has 0 aliphatic carbocycles. The zero-order valence-corrected chi connectivity index (χ0v) is 13.1. The Morgan fingerprint density at radius 2 is 1.61 bits per heavy atom. The monoisotopic (exact) mass is 280 g/mol. The molecule has 0 radical (unpaired) electrons. The van der Waals surface area contributed by atoms with Gasteiger partial charge in [-0.05, 0) is 19.3 Å². The van der Waals surface area contributed by atoms with Crippen LogP contribution in [0.5, 0.6) is 0 Å². The molecule has 1 N–H and O–H groups in total. The molecule has 0 aliphatic rings. The Hall–Kier alpha value is 0.110. The lowest BCUT2D eigenvalue weighted by Crippen LogP contribution is -2.15. The van der Waals surface area contributed by atoms with Crippen molar-refractivity contribution in [2.75, 3.05) is 6.16 Å². The highest BCUT2D eigenvalue weighted by atomic mass is 31.2. The molecule has 0 aromatic heterocycles. The summed E-state index contributed by atoms with van der Waals surface area (Å²) < 4.78 is 16.3. The molecule has 5 heteroatoms. The van der Waals surface area contributed by atoms with E-state index in [1.165, 1.54) is 19.3 Å². The van der Waals surface area contributed by atoms with E-state index in [-0.39, 0.29) is 18.2 Å². The van der Waals surface area contributed by atoms with Gasteiger partial charge in [0, 0.05) is 0 Å². The Morgan fingerprint density at radius 1 is 1.06 bits per heavy atom. The highest BCUT2D eigenvalue weighted by Gasteiger charge is 2.22. The van der Waals surface area contributed by atoms with Crippen molar-refractivity contribution in [3.05, 3.63) is 0 Å². The van der Waals surface area contributed by atoms with Gasteiger partial charge in [0.25, 0.3) is 0 Å². The average molecular weight is 280 g/mol. The molecule has 0 fully saturated rings. The molecule has 0 aliphatic heterocycles. The highest BCUT2D eigenvalue weighted by molar-refractivity contribution is 7.52. The van der Waals surface area contributed by atoms with Crippen LogP contribution in [0.25, 0.3) is 0 Å². The molecule has 2 unspecified atom stereocenters. The number of hydrogen-bond acceptors (Lipinski definition) is 3. The van der Waals surface area contributed by atoms with Gasteiger partial charge in [0.2, 0.25) is 0 Å². The maximum absolute atomic E-state index is 11.6. The Morgan fingerprint density at radius 3 is 2.17 bits per heavy atom. The largest absolute Gasteiger partial charge is 0.355 e. The van der Waals surface area contributed by atoms with E-state index < -0.39 is 7.60 Å². The maximum Gasteiger partial charge on any atom is 0.355 e. The van der Waals surface area contributed by atoms with Crippen molar-refractivity contribution in [2.24, 2.45) is 5.92 Å². The third-order valence-electron chi connectivity index (χ3n) is 3.04. The van der Waals surface area contributed by atoms with Crippen LogP contribution >= 0.6 is 7.60 Å². The zero-order valence-electron chi connectivity index (χ0n) is 12.2. The van der Waals surface area contributed by atoms with Crippen molar-refractivity contribution in [3.63, 3.8) is 0 Å². The Kier molecular flexibility index (Phi) is 10.0. The van der Waals surface area contributed by atoms with Crippen LogP contribution in [0.3, 0.4) is 0 Å². The van der Waals surface area contributed by atoms with Gasteiger partial charge >= 0.3 is 7.60 Å². The molecule has 0 heterocycles. The average Bonchev–Trinajstić information content (AvgIpc) is 2.30. The van der Waals surface area contributed by atoms with Gasteiger partial charge in [-0.3, -0.25) is 4.57 Å². The molecule has 18 heavy (non-hydrogen) atoms. The number of hydrogen-bond donors (Lipinski definition) is 1. The van der Waals surface area contributed by atoms with Gasteiger partial charge in [-0.15, -0.1) is 4.67 Å². The van der Waals surface area contributed by atoms with Crippen LogP contribution in [-0.2, 0) is 14.1 Å². The predicted octanol–water partition coefficient (Wildman–Crippen LogP) is 4.53. The fourth-order valence-electron chi connectivity index (χ4n) is 1.38. The fraction of sp³-hybridized carbons (Fsp3) is 1.00. The molecular formula is C13H29O4P. The van der Waals surface area contributed by atoms with Crippen LogP contribution in [0.15, 0.2) is 0 Å². The van der Waals surface area contributed by atoms with Crippen LogP contribution < -0.4 is 0 Å². The van der Waals surface area contributed by atoms with E-state index >= 15 is 0 Å². The molecule has 0 rings (SSSR count). The molecule has 0 saturated heterocycles. The first-order valence-corrected chi connectivity index (χ1v) is 8.82. The summed E-state index contributed by atoms with van der Waals surface area (Å²) in [6, 6.07) is 0. The van der Waals surface area contributed by atoms with Crippen molar-refractivity contribution in [2.45, 2.75) is 72.3 Å². The van der Waals surface area contributed by atoms with E-state index in [4.69, 9.17) is 9.56 Å². The summed E-state index contributed by atoms with van der Waals surface area (Å²) >= 11 is 0. The van der Waals surface area contributed by atoms with Crippen LogP contribution in [0, 0.1) is 5.92 Å². The summed E-state index contributed by atoms with van der Waals surface area (Å²) in [6.45, 7) is 7.95. The third-order valence-corrected chi connectivity index (χ3v) is 4.24. The second kappa shape index (κ2) is 9.96. The second-order valence-electron chi connectivity index (χ2n) is 5.25. The first-order valence-electron chi connectivity index (χ1n) is 7.06. The Labute approximate surface area is 112 Å². The van der Waals surface area contributed by atoms with Gasteiger partial charge in [0.15, 0.2) is 0 Å². The Bertz CT molecular complexity index is 243. The fourth-order valence-corrected chi connectivity index (χ4v) is 2.34. The molecule has 2 atom stereocenters. The molecular weight excluding hydrogens is 251 g/mol. The number of rotatable bonds is 11. The third kappa shape index (κ3) is 10.1. The first-order chi connectivity index (χ1) is 8.39. The molecule has 110 valence electrons. The van der Waals surface area contributed by atoms with Crippen LogP contribution in [0.2, 0.25) is 0 Å². The minimum atomic E-state index is -3.56. The van der Waals surface area contributed by atoms with Gasteiger partial charge in [0.05, 0.1) is 12.3 Å². The van der Waals surface area contributed by atoms with Crippen LogP contribution in [0.4, 0.5) is 0 Å². The van der Waals surface area contributed by atoms with E-state index in [2.05, 4.69) is 6.92 Å². The molecule has 0 aromatic carbocycles. The zero-order chi connectivity index (χ0) is 14.0. The lowest BCUT2D eigenvalue weighted by molar-refractivity contribution is -0.255.